The molecule has 2 aromatic heterocycles. The van der Waals surface area contributed by atoms with Crippen LogP contribution in [0.1, 0.15) is 29.5 Å². The van der Waals surface area contributed by atoms with Gasteiger partial charge in [0.25, 0.3) is 5.56 Å². The summed E-state index contributed by atoms with van der Waals surface area (Å²) in [6.45, 7) is 0. The second-order valence-electron chi connectivity index (χ2n) is 8.21. The van der Waals surface area contributed by atoms with Crippen molar-refractivity contribution in [3.8, 4) is 22.4 Å². The maximum Gasteiger partial charge on any atom is 0.328 e. The van der Waals surface area contributed by atoms with Gasteiger partial charge < -0.3 is 20.4 Å². The summed E-state index contributed by atoms with van der Waals surface area (Å²) in [6, 6.07) is 16.1. The molecule has 4 aromatic rings. The number of carboxylic acid groups (broad SMARTS) is 1. The van der Waals surface area contributed by atoms with Crippen LogP contribution in [-0.4, -0.2) is 25.6 Å². The number of pyridine rings is 1. The summed E-state index contributed by atoms with van der Waals surface area (Å²) in [4.78, 5) is 31.8. The first kappa shape index (κ1) is 21.7. The van der Waals surface area contributed by atoms with Gasteiger partial charge in [0.15, 0.2) is 0 Å². The molecule has 0 amide bonds. The molecule has 0 radical (unpaired) electrons. The second kappa shape index (κ2) is 8.68. The van der Waals surface area contributed by atoms with Gasteiger partial charge in [0.1, 0.15) is 5.82 Å². The largest absolute Gasteiger partial charge is 0.478 e. The number of nitrogens with two attached hydrogens (primary N) is 1. The Bertz CT molecular complexity index is 1500. The van der Waals surface area contributed by atoms with Crippen LogP contribution >= 0.6 is 11.6 Å². The molecular weight excluding hydrogens is 452 g/mol. The molecule has 1 atom stereocenters. The number of imidazole rings is 1. The number of aromatic amines is 1. The van der Waals surface area contributed by atoms with E-state index in [1.54, 1.807) is 41.1 Å². The summed E-state index contributed by atoms with van der Waals surface area (Å²) in [5, 5.41) is 9.42. The number of halogens is 1. The normalized spacial score (nSPS) is 15.0. The van der Waals surface area contributed by atoms with Gasteiger partial charge in [-0.2, -0.15) is 0 Å². The Morgan fingerprint density at radius 2 is 2.03 bits per heavy atom. The summed E-state index contributed by atoms with van der Waals surface area (Å²) in [7, 11) is 0. The highest BCUT2D eigenvalue weighted by Crippen LogP contribution is 2.34. The fourth-order valence-electron chi connectivity index (χ4n) is 4.42. The lowest BCUT2D eigenvalue weighted by molar-refractivity contribution is -0.131. The maximum atomic E-state index is 13.1. The van der Waals surface area contributed by atoms with E-state index in [0.29, 0.717) is 16.5 Å². The highest BCUT2D eigenvalue weighted by Gasteiger charge is 2.27. The molecule has 34 heavy (non-hydrogen) atoms. The summed E-state index contributed by atoms with van der Waals surface area (Å²) in [5.74, 6) is -0.293. The van der Waals surface area contributed by atoms with Crippen LogP contribution in [0.5, 0.6) is 0 Å². The first-order chi connectivity index (χ1) is 16.4. The van der Waals surface area contributed by atoms with Crippen LogP contribution in [0.15, 0.2) is 71.7 Å². The molecule has 0 fully saturated rings. The van der Waals surface area contributed by atoms with Gasteiger partial charge in [-0.05, 0) is 60.4 Å². The minimum atomic E-state index is -0.999. The van der Waals surface area contributed by atoms with Crippen molar-refractivity contribution in [2.75, 3.05) is 5.73 Å². The maximum absolute atomic E-state index is 13.1. The third-order valence-corrected chi connectivity index (χ3v) is 6.22. The van der Waals surface area contributed by atoms with Crippen molar-refractivity contribution in [2.45, 2.75) is 18.9 Å². The van der Waals surface area contributed by atoms with Crippen molar-refractivity contribution in [1.29, 1.82) is 0 Å². The summed E-state index contributed by atoms with van der Waals surface area (Å²) < 4.78 is 1.78. The van der Waals surface area contributed by atoms with Gasteiger partial charge in [0.2, 0.25) is 0 Å². The molecule has 4 N–H and O–H groups in total. The highest BCUT2D eigenvalue weighted by atomic mass is 35.5. The Morgan fingerprint density at radius 1 is 1.18 bits per heavy atom. The molecular formula is C26H21ClN4O3. The molecule has 0 spiro atoms. The lowest BCUT2D eigenvalue weighted by atomic mass is 10.0. The molecule has 2 aromatic carbocycles. The number of nitrogens with zero attached hydrogens (tertiary/aromatic N) is 2. The number of carboxylic acids is 1. The zero-order valence-corrected chi connectivity index (χ0v) is 18.8. The molecule has 0 saturated carbocycles. The smallest absolute Gasteiger partial charge is 0.328 e. The number of rotatable bonds is 5. The number of aromatic nitrogens is 3. The number of hydrogen-bond acceptors (Lipinski definition) is 4. The molecule has 0 bridgehead atoms. The van der Waals surface area contributed by atoms with Crippen LogP contribution in [0.3, 0.4) is 0 Å². The number of fused-ring (bicyclic) bond motifs is 1. The summed E-state index contributed by atoms with van der Waals surface area (Å²) in [6.07, 6.45) is 5.86. The lowest BCUT2D eigenvalue weighted by Gasteiger charge is -2.14. The minimum Gasteiger partial charge on any atom is -0.478 e. The predicted octanol–water partition coefficient (Wildman–Crippen LogP) is 4.77. The quantitative estimate of drug-likeness (QED) is 0.286. The molecule has 0 aliphatic carbocycles. The molecule has 0 saturated heterocycles. The van der Waals surface area contributed by atoms with Crippen molar-refractivity contribution in [1.82, 2.24) is 14.5 Å². The third kappa shape index (κ3) is 4.13. The van der Waals surface area contributed by atoms with Crippen LogP contribution in [0, 0.1) is 0 Å². The van der Waals surface area contributed by atoms with E-state index >= 15 is 0 Å². The van der Waals surface area contributed by atoms with E-state index < -0.39 is 5.97 Å². The van der Waals surface area contributed by atoms with E-state index in [1.165, 1.54) is 0 Å². The first-order valence-electron chi connectivity index (χ1n) is 10.8. The van der Waals surface area contributed by atoms with Crippen LogP contribution in [0.25, 0.3) is 28.5 Å². The molecule has 0 unspecified atom stereocenters. The summed E-state index contributed by atoms with van der Waals surface area (Å²) in [5.41, 5.74) is 11.4. The van der Waals surface area contributed by atoms with Gasteiger partial charge in [-0.3, -0.25) is 4.79 Å². The SMILES string of the molecule is Nc1ccc(Cl)cc1-c1cc2n(c(=O)c1)[C@H](c1ncc(-c3cccc(/C=C/C(=O)O)c3)[nH]1)CC2. The first-order valence-corrected chi connectivity index (χ1v) is 11.1. The second-order valence-corrected chi connectivity index (χ2v) is 8.65. The highest BCUT2D eigenvalue weighted by molar-refractivity contribution is 6.31. The topological polar surface area (TPSA) is 114 Å². The van der Waals surface area contributed by atoms with Gasteiger partial charge in [-0.1, -0.05) is 29.8 Å². The van der Waals surface area contributed by atoms with E-state index in [4.69, 9.17) is 22.4 Å². The standard InChI is InChI=1S/C26H21ClN4O3/c27-18-5-7-21(28)20(13-18)17-11-19-6-8-23(31(19)24(32)12-17)26-29-14-22(30-26)16-3-1-2-15(10-16)4-9-25(33)34/h1-5,7,9-14,23H,6,8,28H2,(H,29,30)(H,33,34)/b9-4+/t23-/m0/s1. The molecule has 5 rings (SSSR count). The van der Waals surface area contributed by atoms with E-state index in [0.717, 1.165) is 52.6 Å². The number of nitrogens with one attached hydrogen (secondary N) is 1. The average molecular weight is 473 g/mol. The van der Waals surface area contributed by atoms with Crippen molar-refractivity contribution >= 4 is 29.3 Å². The number of aliphatic carboxylic acids is 1. The fraction of sp³-hybridized carbons (Fsp3) is 0.115. The molecule has 1 aliphatic rings. The van der Waals surface area contributed by atoms with Gasteiger partial charge >= 0.3 is 5.97 Å². The molecule has 8 heteroatoms. The average Bonchev–Trinajstić information content (AvgIpc) is 3.47. The molecule has 1 aliphatic heterocycles. The minimum absolute atomic E-state index is 0.117. The van der Waals surface area contributed by atoms with Crippen molar-refractivity contribution < 1.29 is 9.90 Å². The Hall–Kier alpha value is -4.10. The number of aryl methyl sites for hydroxylation is 1. The zero-order chi connectivity index (χ0) is 23.8. The Labute approximate surface area is 200 Å². The third-order valence-electron chi connectivity index (χ3n) is 5.99. The van der Waals surface area contributed by atoms with Gasteiger partial charge in [0.05, 0.1) is 17.9 Å². The lowest BCUT2D eigenvalue weighted by Crippen LogP contribution is -2.23. The van der Waals surface area contributed by atoms with Crippen molar-refractivity contribution in [3.05, 3.63) is 99.3 Å². The van der Waals surface area contributed by atoms with Crippen LogP contribution in [-0.2, 0) is 11.2 Å². The monoisotopic (exact) mass is 472 g/mol. The Balaban J connectivity index is 1.47. The number of hydrogen-bond donors (Lipinski definition) is 3. The number of benzene rings is 2. The van der Waals surface area contributed by atoms with Crippen LogP contribution < -0.4 is 11.3 Å². The Kier molecular flexibility index (Phi) is 5.55. The van der Waals surface area contributed by atoms with Crippen LogP contribution in [0.4, 0.5) is 5.69 Å². The van der Waals surface area contributed by atoms with E-state index in [-0.39, 0.29) is 11.6 Å². The van der Waals surface area contributed by atoms with Gasteiger partial charge in [-0.15, -0.1) is 0 Å². The van der Waals surface area contributed by atoms with E-state index in [1.807, 2.05) is 30.3 Å². The fourth-order valence-corrected chi connectivity index (χ4v) is 4.59. The Morgan fingerprint density at radius 3 is 2.85 bits per heavy atom. The molecule has 3 heterocycles. The zero-order valence-electron chi connectivity index (χ0n) is 18.0. The molecule has 170 valence electrons. The van der Waals surface area contributed by atoms with Gasteiger partial charge in [-0.25, -0.2) is 9.78 Å². The van der Waals surface area contributed by atoms with Crippen LogP contribution in [0.2, 0.25) is 5.02 Å². The summed E-state index contributed by atoms with van der Waals surface area (Å²) >= 11 is 6.14. The van der Waals surface area contributed by atoms with Gasteiger partial charge in [0, 0.05) is 39.7 Å². The number of nitrogen functional groups attached to an aromatic ring is 1. The van der Waals surface area contributed by atoms with E-state index in [2.05, 4.69) is 9.97 Å². The number of carbonyl (C=O) groups is 1. The number of anilines is 1. The molecule has 7 nitrogen and oxygen atoms in total. The van der Waals surface area contributed by atoms with Crippen molar-refractivity contribution in [3.63, 3.8) is 0 Å². The van der Waals surface area contributed by atoms with Crippen molar-refractivity contribution in [2.24, 2.45) is 0 Å². The number of H-pyrrole nitrogens is 1. The van der Waals surface area contributed by atoms with E-state index in [9.17, 15) is 9.59 Å². The predicted molar refractivity (Wildman–Crippen MR) is 133 cm³/mol.